The van der Waals surface area contributed by atoms with Crippen molar-refractivity contribution in [2.75, 3.05) is 20.2 Å². The van der Waals surface area contributed by atoms with Crippen LogP contribution in [0, 0.1) is 5.82 Å². The van der Waals surface area contributed by atoms with Crippen molar-refractivity contribution >= 4 is 23.3 Å². The molecular weight excluding hydrogens is 438 g/mol. The van der Waals surface area contributed by atoms with Crippen LogP contribution in [0.5, 0.6) is 0 Å². The van der Waals surface area contributed by atoms with Crippen LogP contribution in [0.4, 0.5) is 14.5 Å². The van der Waals surface area contributed by atoms with Crippen molar-refractivity contribution in [2.24, 2.45) is 4.99 Å². The van der Waals surface area contributed by atoms with E-state index in [1.807, 2.05) is 60.7 Å². The van der Waals surface area contributed by atoms with E-state index in [2.05, 4.69) is 9.73 Å². The van der Waals surface area contributed by atoms with Crippen molar-refractivity contribution < 1.29 is 23.1 Å². The van der Waals surface area contributed by atoms with Crippen LogP contribution in [-0.2, 0) is 14.9 Å². The standard InChI is InChI=1S/C27H22F2N2O3/c1-34-22(32)15-31-16-27(14-21(27)28)23-19(26(31)33)12-13-20(24(23)29)30-25(17-8-4-2-5-9-17)18-10-6-3-7-11-18/h2-13,21H,14-16H2,1H3/t21-,27?/m0/s1. The van der Waals surface area contributed by atoms with Gasteiger partial charge in [0.25, 0.3) is 5.91 Å². The second-order valence-electron chi connectivity index (χ2n) is 8.58. The molecule has 1 unspecified atom stereocenters. The summed E-state index contributed by atoms with van der Waals surface area (Å²) in [5.41, 5.74) is 1.14. The average Bonchev–Trinajstić information content (AvgIpc) is 3.50. The molecule has 1 aliphatic carbocycles. The summed E-state index contributed by atoms with van der Waals surface area (Å²) in [5, 5.41) is 0. The van der Waals surface area contributed by atoms with Crippen molar-refractivity contribution in [1.82, 2.24) is 4.90 Å². The van der Waals surface area contributed by atoms with E-state index >= 15 is 4.39 Å². The van der Waals surface area contributed by atoms with Crippen LogP contribution in [0.15, 0.2) is 77.8 Å². The maximum atomic E-state index is 15.9. The van der Waals surface area contributed by atoms with Crippen molar-refractivity contribution in [3.63, 3.8) is 0 Å². The number of esters is 1. The Kier molecular flexibility index (Phi) is 5.48. The third-order valence-electron chi connectivity index (χ3n) is 6.47. The van der Waals surface area contributed by atoms with E-state index in [0.29, 0.717) is 5.71 Å². The number of methoxy groups -OCH3 is 1. The molecular formula is C27H22F2N2O3. The fraction of sp³-hybridized carbons (Fsp3) is 0.222. The number of halogens is 2. The van der Waals surface area contributed by atoms with Gasteiger partial charge in [-0.2, -0.15) is 0 Å². The normalized spacial score (nSPS) is 20.6. The molecule has 1 amide bonds. The number of benzene rings is 3. The molecule has 3 aromatic carbocycles. The minimum Gasteiger partial charge on any atom is -0.468 e. The Balaban J connectivity index is 1.63. The number of carbonyl (C=O) groups is 2. The number of rotatable bonds is 5. The molecule has 1 fully saturated rings. The van der Waals surface area contributed by atoms with Gasteiger partial charge in [-0.3, -0.25) is 9.59 Å². The van der Waals surface area contributed by atoms with Crippen LogP contribution in [0.25, 0.3) is 0 Å². The predicted octanol–water partition coefficient (Wildman–Crippen LogP) is 4.60. The fourth-order valence-corrected chi connectivity index (χ4v) is 4.62. The number of hydrogen-bond donors (Lipinski definition) is 0. The molecule has 0 radical (unpaired) electrons. The van der Waals surface area contributed by atoms with Gasteiger partial charge < -0.3 is 9.64 Å². The van der Waals surface area contributed by atoms with E-state index in [0.717, 1.165) is 11.1 Å². The molecule has 0 bridgehead atoms. The summed E-state index contributed by atoms with van der Waals surface area (Å²) in [6.45, 7) is -0.389. The molecule has 0 saturated heterocycles. The van der Waals surface area contributed by atoms with Crippen molar-refractivity contribution in [3.8, 4) is 0 Å². The summed E-state index contributed by atoms with van der Waals surface area (Å²) in [7, 11) is 1.22. The third kappa shape index (κ3) is 3.67. The zero-order valence-electron chi connectivity index (χ0n) is 18.5. The maximum absolute atomic E-state index is 15.9. The van der Waals surface area contributed by atoms with Crippen LogP contribution >= 0.6 is 0 Å². The van der Waals surface area contributed by atoms with E-state index in [4.69, 9.17) is 0 Å². The Morgan fingerprint density at radius 1 is 1.06 bits per heavy atom. The summed E-state index contributed by atoms with van der Waals surface area (Å²) in [4.78, 5) is 30.7. The number of amides is 1. The monoisotopic (exact) mass is 460 g/mol. The Morgan fingerprint density at radius 3 is 2.18 bits per heavy atom. The van der Waals surface area contributed by atoms with E-state index in [1.54, 1.807) is 0 Å². The van der Waals surface area contributed by atoms with Crippen LogP contribution in [0.2, 0.25) is 0 Å². The van der Waals surface area contributed by atoms with E-state index in [1.165, 1.54) is 24.1 Å². The second kappa shape index (κ2) is 8.48. The molecule has 34 heavy (non-hydrogen) atoms. The summed E-state index contributed by atoms with van der Waals surface area (Å²) in [6.07, 6.45) is -1.23. The highest BCUT2D eigenvalue weighted by Crippen LogP contribution is 2.56. The minimum absolute atomic E-state index is 0.0362. The van der Waals surface area contributed by atoms with E-state index in [9.17, 15) is 14.0 Å². The molecule has 172 valence electrons. The van der Waals surface area contributed by atoms with Gasteiger partial charge in [0.15, 0.2) is 5.82 Å². The van der Waals surface area contributed by atoms with Crippen LogP contribution < -0.4 is 0 Å². The zero-order valence-corrected chi connectivity index (χ0v) is 18.5. The number of alkyl halides is 1. The molecule has 1 heterocycles. The second-order valence-corrected chi connectivity index (χ2v) is 8.58. The average molecular weight is 460 g/mol. The lowest BCUT2D eigenvalue weighted by Crippen LogP contribution is -2.47. The van der Waals surface area contributed by atoms with Gasteiger partial charge in [0.1, 0.15) is 12.7 Å². The van der Waals surface area contributed by atoms with Gasteiger partial charge in [0, 0.05) is 28.8 Å². The highest BCUT2D eigenvalue weighted by atomic mass is 19.1. The van der Waals surface area contributed by atoms with Gasteiger partial charge >= 0.3 is 5.97 Å². The van der Waals surface area contributed by atoms with Crippen LogP contribution in [0.1, 0.15) is 33.5 Å². The van der Waals surface area contributed by atoms with Crippen molar-refractivity contribution in [2.45, 2.75) is 18.0 Å². The summed E-state index contributed by atoms with van der Waals surface area (Å²) in [6, 6.07) is 21.7. The molecule has 1 saturated carbocycles. The molecule has 1 aliphatic heterocycles. The predicted molar refractivity (Wildman–Crippen MR) is 124 cm³/mol. The highest BCUT2D eigenvalue weighted by molar-refractivity contribution is 6.14. The first kappa shape index (κ1) is 21.9. The van der Waals surface area contributed by atoms with Crippen molar-refractivity contribution in [3.05, 3.63) is 101 Å². The van der Waals surface area contributed by atoms with Crippen molar-refractivity contribution in [1.29, 1.82) is 0 Å². The minimum atomic E-state index is -1.31. The van der Waals surface area contributed by atoms with Gasteiger partial charge in [0.05, 0.1) is 23.9 Å². The molecule has 2 aliphatic rings. The lowest BCUT2D eigenvalue weighted by molar-refractivity contribution is -0.141. The van der Waals surface area contributed by atoms with Gasteiger partial charge in [0.2, 0.25) is 0 Å². The summed E-state index contributed by atoms with van der Waals surface area (Å²) >= 11 is 0. The number of hydrogen-bond acceptors (Lipinski definition) is 4. The summed E-state index contributed by atoms with van der Waals surface area (Å²) in [5.74, 6) is -1.83. The number of aliphatic imine (C=N–C) groups is 1. The summed E-state index contributed by atoms with van der Waals surface area (Å²) < 4.78 is 35.3. The molecule has 1 spiro atoms. The molecule has 5 rings (SSSR count). The van der Waals surface area contributed by atoms with Gasteiger partial charge in [-0.25, -0.2) is 13.8 Å². The van der Waals surface area contributed by atoms with E-state index in [-0.39, 0.29) is 36.3 Å². The third-order valence-corrected chi connectivity index (χ3v) is 6.47. The Bertz CT molecular complexity index is 1250. The molecule has 2 atom stereocenters. The highest BCUT2D eigenvalue weighted by Gasteiger charge is 2.62. The SMILES string of the molecule is COC(=O)CN1CC2(C[C@@H]2F)c2c(ccc(N=C(c3ccccc3)c3ccccc3)c2F)C1=O. The fourth-order valence-electron chi connectivity index (χ4n) is 4.62. The van der Waals surface area contributed by atoms with Crippen LogP contribution in [0.3, 0.4) is 0 Å². The Hall–Kier alpha value is -3.87. The number of carbonyl (C=O) groups excluding carboxylic acids is 2. The Labute approximate surface area is 195 Å². The molecule has 7 heteroatoms. The van der Waals surface area contributed by atoms with Gasteiger partial charge in [-0.05, 0) is 18.6 Å². The Morgan fingerprint density at radius 2 is 1.65 bits per heavy atom. The first-order valence-corrected chi connectivity index (χ1v) is 11.0. The molecule has 3 aromatic rings. The molecule has 0 N–H and O–H groups in total. The van der Waals surface area contributed by atoms with E-state index < -0.39 is 29.3 Å². The number of ether oxygens (including phenoxy) is 1. The van der Waals surface area contributed by atoms with Crippen LogP contribution in [-0.4, -0.2) is 48.9 Å². The molecule has 0 aromatic heterocycles. The number of fused-ring (bicyclic) bond motifs is 2. The lowest BCUT2D eigenvalue weighted by Gasteiger charge is -2.34. The first-order chi connectivity index (χ1) is 16.4. The molecule has 5 nitrogen and oxygen atoms in total. The topological polar surface area (TPSA) is 59.0 Å². The number of nitrogens with zero attached hydrogens (tertiary/aromatic N) is 2. The van der Waals surface area contributed by atoms with Gasteiger partial charge in [-0.1, -0.05) is 60.7 Å². The zero-order chi connectivity index (χ0) is 23.9. The maximum Gasteiger partial charge on any atom is 0.325 e. The smallest absolute Gasteiger partial charge is 0.325 e. The largest absolute Gasteiger partial charge is 0.468 e. The van der Waals surface area contributed by atoms with Gasteiger partial charge in [-0.15, -0.1) is 0 Å². The lowest BCUT2D eigenvalue weighted by atomic mass is 9.85. The quantitative estimate of drug-likeness (QED) is 0.413. The first-order valence-electron chi connectivity index (χ1n) is 11.0.